The van der Waals surface area contributed by atoms with Gasteiger partial charge in [0.05, 0.1) is 5.71 Å². The third-order valence-electron chi connectivity index (χ3n) is 5.94. The van der Waals surface area contributed by atoms with Crippen molar-refractivity contribution >= 4 is 5.71 Å². The highest BCUT2D eigenvalue weighted by Crippen LogP contribution is 2.33. The summed E-state index contributed by atoms with van der Waals surface area (Å²) in [7, 11) is 1.57. The van der Waals surface area contributed by atoms with Crippen LogP contribution in [0, 0.1) is 13.8 Å². The molecule has 35 heavy (non-hydrogen) atoms. The van der Waals surface area contributed by atoms with E-state index in [0.717, 1.165) is 71.8 Å². The molecule has 2 aromatic carbocycles. The molecule has 1 fully saturated rings. The van der Waals surface area contributed by atoms with Crippen LogP contribution in [0.3, 0.4) is 0 Å². The number of nitrogens with zero attached hydrogens (tertiary/aromatic N) is 1. The lowest BCUT2D eigenvalue weighted by Gasteiger charge is -2.33. The summed E-state index contributed by atoms with van der Waals surface area (Å²) in [5, 5.41) is 4.10. The number of hydrogen-bond acceptors (Lipinski definition) is 5. The summed E-state index contributed by atoms with van der Waals surface area (Å²) >= 11 is 0. The zero-order valence-corrected chi connectivity index (χ0v) is 22.6. The second-order valence-corrected chi connectivity index (χ2v) is 8.46. The first kappa shape index (κ1) is 28.3. The predicted octanol–water partition coefficient (Wildman–Crippen LogP) is 7.81. The molecule has 0 bridgehead atoms. The van der Waals surface area contributed by atoms with E-state index < -0.39 is 0 Å². The fourth-order valence-electron chi connectivity index (χ4n) is 4.24. The first-order valence-electron chi connectivity index (χ1n) is 12.9. The van der Waals surface area contributed by atoms with Crippen LogP contribution in [0.2, 0.25) is 0 Å². The molecule has 1 aliphatic rings. The number of allylic oxidation sites excluding steroid dienone is 1. The molecule has 0 spiro atoms. The molecule has 0 aliphatic heterocycles. The summed E-state index contributed by atoms with van der Waals surface area (Å²) < 4.78 is 18.8. The highest BCUT2D eigenvalue weighted by atomic mass is 16.6. The zero-order chi connectivity index (χ0) is 25.6. The number of ether oxygens (including phenoxy) is 3. The molecule has 192 valence electrons. The van der Waals surface area contributed by atoms with E-state index in [4.69, 9.17) is 19.0 Å². The summed E-state index contributed by atoms with van der Waals surface area (Å²) in [4.78, 5) is 4.95. The van der Waals surface area contributed by atoms with Crippen molar-refractivity contribution in [1.82, 2.24) is 0 Å². The minimum Gasteiger partial charge on any atom is -0.490 e. The first-order valence-corrected chi connectivity index (χ1v) is 12.9. The fourth-order valence-corrected chi connectivity index (χ4v) is 4.24. The third-order valence-corrected chi connectivity index (χ3v) is 5.94. The predicted molar refractivity (Wildman–Crippen MR) is 145 cm³/mol. The van der Waals surface area contributed by atoms with E-state index in [-0.39, 0.29) is 12.2 Å². The normalized spacial score (nSPS) is 18.0. The Bertz CT molecular complexity index is 926. The van der Waals surface area contributed by atoms with Gasteiger partial charge in [0.25, 0.3) is 0 Å². The topological polar surface area (TPSA) is 49.3 Å². The van der Waals surface area contributed by atoms with E-state index in [0.29, 0.717) is 6.61 Å². The maximum atomic E-state index is 6.56. The van der Waals surface area contributed by atoms with Crippen molar-refractivity contribution < 1.29 is 19.0 Å². The Kier molecular flexibility index (Phi) is 12.2. The molecule has 5 nitrogen and oxygen atoms in total. The van der Waals surface area contributed by atoms with Gasteiger partial charge in [0, 0.05) is 0 Å². The van der Waals surface area contributed by atoms with Crippen molar-refractivity contribution in [2.45, 2.75) is 85.9 Å². The van der Waals surface area contributed by atoms with Crippen molar-refractivity contribution in [1.29, 1.82) is 0 Å². The van der Waals surface area contributed by atoms with Gasteiger partial charge in [-0.1, -0.05) is 38.1 Å². The van der Waals surface area contributed by atoms with Crippen molar-refractivity contribution in [3.63, 3.8) is 0 Å². The summed E-state index contributed by atoms with van der Waals surface area (Å²) in [5.74, 6) is 2.66. The number of benzene rings is 2. The van der Waals surface area contributed by atoms with Crippen molar-refractivity contribution in [3.05, 3.63) is 65.2 Å². The molecular weight excluding hydrogens is 438 g/mol. The minimum absolute atomic E-state index is 0.0203. The quantitative estimate of drug-likeness (QED) is 0.197. The molecule has 2 aromatic rings. The van der Waals surface area contributed by atoms with Gasteiger partial charge in [-0.25, -0.2) is 0 Å². The molecule has 0 N–H and O–H groups in total. The van der Waals surface area contributed by atoms with Gasteiger partial charge in [-0.15, -0.1) is 0 Å². The molecule has 2 atom stereocenters. The Morgan fingerprint density at radius 1 is 0.943 bits per heavy atom. The molecule has 5 heteroatoms. The van der Waals surface area contributed by atoms with E-state index in [1.54, 1.807) is 7.11 Å². The zero-order valence-electron chi connectivity index (χ0n) is 22.6. The molecule has 0 heterocycles. The third kappa shape index (κ3) is 8.34. The Hall–Kier alpha value is -2.95. The van der Waals surface area contributed by atoms with Crippen LogP contribution in [0.4, 0.5) is 0 Å². The van der Waals surface area contributed by atoms with Crippen LogP contribution >= 0.6 is 0 Å². The van der Waals surface area contributed by atoms with Crippen LogP contribution in [0.15, 0.2) is 53.7 Å². The summed E-state index contributed by atoms with van der Waals surface area (Å²) in [5.41, 5.74) is 4.14. The van der Waals surface area contributed by atoms with Gasteiger partial charge in [0.1, 0.15) is 43.2 Å². The Balaban J connectivity index is 0.00000210. The highest BCUT2D eigenvalue weighted by Gasteiger charge is 2.29. The SMILES string of the molecule is C/C=C/COc1cc(C)c(OC2CCCCC2Oc2ccc(/C(CC)=N\OC)cc2)c(C)c1.CC. The number of hydrogen-bond donors (Lipinski definition) is 0. The summed E-state index contributed by atoms with van der Waals surface area (Å²) in [6.07, 6.45) is 9.12. The van der Waals surface area contributed by atoms with Crippen molar-refractivity contribution in [3.8, 4) is 17.2 Å². The number of rotatable bonds is 10. The second kappa shape index (κ2) is 15.1. The molecule has 0 radical (unpaired) electrons. The molecule has 2 unspecified atom stereocenters. The van der Waals surface area contributed by atoms with E-state index in [2.05, 4.69) is 38.1 Å². The van der Waals surface area contributed by atoms with E-state index in [1.165, 1.54) is 0 Å². The summed E-state index contributed by atoms with van der Waals surface area (Å²) in [6, 6.07) is 12.2. The van der Waals surface area contributed by atoms with Gasteiger partial charge in [0.2, 0.25) is 0 Å². The van der Waals surface area contributed by atoms with E-state index in [1.807, 2.05) is 57.2 Å². The lowest BCUT2D eigenvalue weighted by Crippen LogP contribution is -2.39. The van der Waals surface area contributed by atoms with Crippen LogP contribution in [0.1, 0.15) is 76.5 Å². The van der Waals surface area contributed by atoms with Gasteiger partial charge < -0.3 is 19.0 Å². The van der Waals surface area contributed by atoms with Crippen molar-refractivity contribution in [2.75, 3.05) is 13.7 Å². The van der Waals surface area contributed by atoms with Crippen LogP contribution in [-0.2, 0) is 4.84 Å². The maximum absolute atomic E-state index is 6.56. The average molecular weight is 482 g/mol. The minimum atomic E-state index is 0.0203. The van der Waals surface area contributed by atoms with Crippen LogP contribution in [-0.4, -0.2) is 31.6 Å². The number of oxime groups is 1. The molecule has 1 aliphatic carbocycles. The average Bonchev–Trinajstić information content (AvgIpc) is 2.87. The Labute approximate surface area is 212 Å². The van der Waals surface area contributed by atoms with Gasteiger partial charge in [-0.05, 0) is 106 Å². The second-order valence-electron chi connectivity index (χ2n) is 8.46. The van der Waals surface area contributed by atoms with Gasteiger partial charge >= 0.3 is 0 Å². The molecule has 1 saturated carbocycles. The van der Waals surface area contributed by atoms with Crippen LogP contribution < -0.4 is 14.2 Å². The van der Waals surface area contributed by atoms with Gasteiger partial charge in [0.15, 0.2) is 0 Å². The lowest BCUT2D eigenvalue weighted by atomic mass is 9.94. The highest BCUT2D eigenvalue weighted by molar-refractivity contribution is 6.00. The number of aryl methyl sites for hydroxylation is 2. The van der Waals surface area contributed by atoms with E-state index >= 15 is 0 Å². The molecule has 3 rings (SSSR count). The fraction of sp³-hybridized carbons (Fsp3) is 0.500. The largest absolute Gasteiger partial charge is 0.490 e. The van der Waals surface area contributed by atoms with E-state index in [9.17, 15) is 0 Å². The van der Waals surface area contributed by atoms with Gasteiger partial charge in [-0.3, -0.25) is 0 Å². The monoisotopic (exact) mass is 481 g/mol. The van der Waals surface area contributed by atoms with Crippen molar-refractivity contribution in [2.24, 2.45) is 5.16 Å². The Morgan fingerprint density at radius 2 is 1.54 bits per heavy atom. The molecular formula is C30H43NO4. The standard InChI is InChI=1S/C28H37NO4.C2H6/c1-6-8-17-31-24-18-20(3)28(21(4)19-24)33-27-12-10-9-11-26(27)32-23-15-13-22(14-16-23)25(7-2)29-30-5;1-2/h6,8,13-16,18-19,26-27H,7,9-12,17H2,1-5H3;1-2H3/b8-6+,29-25-;. The molecule has 0 saturated heterocycles. The Morgan fingerprint density at radius 3 is 2.09 bits per heavy atom. The lowest BCUT2D eigenvalue weighted by molar-refractivity contribution is 0.0224. The van der Waals surface area contributed by atoms with Crippen LogP contribution in [0.5, 0.6) is 17.2 Å². The first-order chi connectivity index (χ1) is 17.0. The maximum Gasteiger partial charge on any atom is 0.135 e. The van der Waals surface area contributed by atoms with Crippen LogP contribution in [0.25, 0.3) is 0 Å². The smallest absolute Gasteiger partial charge is 0.135 e. The summed E-state index contributed by atoms with van der Waals surface area (Å²) in [6.45, 7) is 12.8. The molecule has 0 amide bonds. The van der Waals surface area contributed by atoms with Gasteiger partial charge in [-0.2, -0.15) is 0 Å². The molecule has 0 aromatic heterocycles.